The molecule has 0 fully saturated rings. The molecule has 0 bridgehead atoms. The SMILES string of the molecule is O=C(c1cccc(Br)c1)N1N=C(C(F)(F)F)CC1(O)c1ccncc1. The summed E-state index contributed by atoms with van der Waals surface area (Å²) < 4.78 is 39.9. The summed E-state index contributed by atoms with van der Waals surface area (Å²) in [5.41, 5.74) is -3.29. The van der Waals surface area contributed by atoms with Crippen LogP contribution in [0.4, 0.5) is 13.2 Å². The molecule has 1 atom stereocenters. The number of carbonyl (C=O) groups is 1. The molecule has 1 unspecified atom stereocenters. The molecule has 0 saturated carbocycles. The van der Waals surface area contributed by atoms with E-state index in [4.69, 9.17) is 0 Å². The van der Waals surface area contributed by atoms with Crippen molar-refractivity contribution >= 4 is 27.5 Å². The van der Waals surface area contributed by atoms with Crippen molar-refractivity contribution in [3.8, 4) is 0 Å². The molecule has 9 heteroatoms. The van der Waals surface area contributed by atoms with E-state index in [0.717, 1.165) is 0 Å². The number of rotatable bonds is 2. The smallest absolute Gasteiger partial charge is 0.365 e. The van der Waals surface area contributed by atoms with Crippen LogP contribution >= 0.6 is 15.9 Å². The molecule has 1 amide bonds. The Kier molecular flexibility index (Phi) is 4.38. The first-order valence-electron chi connectivity index (χ1n) is 7.09. The van der Waals surface area contributed by atoms with E-state index in [1.807, 2.05) is 0 Å². The van der Waals surface area contributed by atoms with Gasteiger partial charge in [-0.15, -0.1) is 0 Å². The first kappa shape index (κ1) is 17.6. The van der Waals surface area contributed by atoms with Gasteiger partial charge in [-0.2, -0.15) is 23.3 Å². The zero-order chi connectivity index (χ0) is 18.2. The quantitative estimate of drug-likeness (QED) is 0.819. The number of aliphatic hydroxyl groups is 1. The lowest BCUT2D eigenvalue weighted by Gasteiger charge is -2.31. The number of alkyl halides is 3. The molecule has 2 aromatic rings. The Morgan fingerprint density at radius 1 is 1.24 bits per heavy atom. The molecule has 2 heterocycles. The van der Waals surface area contributed by atoms with E-state index >= 15 is 0 Å². The van der Waals surface area contributed by atoms with Gasteiger partial charge in [-0.05, 0) is 30.3 Å². The van der Waals surface area contributed by atoms with Crippen molar-refractivity contribution in [1.82, 2.24) is 9.99 Å². The van der Waals surface area contributed by atoms with E-state index in [-0.39, 0.29) is 11.1 Å². The topological polar surface area (TPSA) is 65.8 Å². The zero-order valence-electron chi connectivity index (χ0n) is 12.5. The van der Waals surface area contributed by atoms with Crippen LogP contribution in [-0.2, 0) is 5.72 Å². The Hall–Kier alpha value is -2.26. The Morgan fingerprint density at radius 3 is 2.52 bits per heavy atom. The van der Waals surface area contributed by atoms with E-state index in [1.54, 1.807) is 12.1 Å². The molecule has 0 aliphatic carbocycles. The van der Waals surface area contributed by atoms with E-state index < -0.39 is 29.9 Å². The Morgan fingerprint density at radius 2 is 1.92 bits per heavy atom. The average molecular weight is 414 g/mol. The van der Waals surface area contributed by atoms with Crippen LogP contribution in [0.1, 0.15) is 22.3 Å². The van der Waals surface area contributed by atoms with Crippen molar-refractivity contribution in [3.63, 3.8) is 0 Å². The summed E-state index contributed by atoms with van der Waals surface area (Å²) in [6.07, 6.45) is -2.98. The Labute approximate surface area is 148 Å². The fraction of sp³-hybridized carbons (Fsp3) is 0.188. The van der Waals surface area contributed by atoms with Crippen LogP contribution in [0.15, 0.2) is 58.4 Å². The molecule has 25 heavy (non-hydrogen) atoms. The first-order chi connectivity index (χ1) is 11.7. The van der Waals surface area contributed by atoms with Crippen LogP contribution in [0.3, 0.4) is 0 Å². The minimum Gasteiger partial charge on any atom is -0.365 e. The number of nitrogens with zero attached hydrogens (tertiary/aromatic N) is 3. The number of hydrazone groups is 1. The van der Waals surface area contributed by atoms with Gasteiger partial charge in [0.15, 0.2) is 5.72 Å². The van der Waals surface area contributed by atoms with Gasteiger partial charge in [0, 0.05) is 28.0 Å². The maximum atomic E-state index is 13.1. The second kappa shape index (κ2) is 6.23. The third kappa shape index (κ3) is 3.29. The van der Waals surface area contributed by atoms with Gasteiger partial charge in [-0.1, -0.05) is 22.0 Å². The standard InChI is InChI=1S/C16H11BrF3N3O2/c17-12-3-1-2-10(8-12)14(24)23-15(25,11-4-6-21-7-5-11)9-13(22-23)16(18,19)20/h1-8,25H,9H2. The highest BCUT2D eigenvalue weighted by Crippen LogP contribution is 2.40. The van der Waals surface area contributed by atoms with Crippen LogP contribution in [0.5, 0.6) is 0 Å². The molecule has 1 aliphatic heterocycles. The van der Waals surface area contributed by atoms with E-state index in [0.29, 0.717) is 9.48 Å². The van der Waals surface area contributed by atoms with Crippen molar-refractivity contribution in [2.24, 2.45) is 5.10 Å². The molecular weight excluding hydrogens is 403 g/mol. The van der Waals surface area contributed by atoms with Gasteiger partial charge in [0.05, 0.1) is 6.42 Å². The molecule has 5 nitrogen and oxygen atoms in total. The number of amides is 1. The van der Waals surface area contributed by atoms with Gasteiger partial charge in [0.1, 0.15) is 5.71 Å². The van der Waals surface area contributed by atoms with Crippen molar-refractivity contribution in [2.45, 2.75) is 18.3 Å². The van der Waals surface area contributed by atoms with Crippen LogP contribution in [0.25, 0.3) is 0 Å². The Bertz CT molecular complexity index is 842. The lowest BCUT2D eigenvalue weighted by molar-refractivity contribution is -0.0816. The third-order valence-electron chi connectivity index (χ3n) is 3.72. The zero-order valence-corrected chi connectivity index (χ0v) is 14.1. The summed E-state index contributed by atoms with van der Waals surface area (Å²) >= 11 is 3.20. The number of carbonyl (C=O) groups excluding carboxylic acids is 1. The molecule has 0 saturated heterocycles. The van der Waals surface area contributed by atoms with E-state index in [2.05, 4.69) is 26.0 Å². The fourth-order valence-electron chi connectivity index (χ4n) is 2.50. The number of hydrogen-bond donors (Lipinski definition) is 1. The van der Waals surface area contributed by atoms with Gasteiger partial charge >= 0.3 is 6.18 Å². The van der Waals surface area contributed by atoms with Gasteiger partial charge < -0.3 is 5.11 Å². The second-order valence-corrected chi connectivity index (χ2v) is 6.32. The summed E-state index contributed by atoms with van der Waals surface area (Å²) in [5, 5.41) is 14.8. The highest BCUT2D eigenvalue weighted by molar-refractivity contribution is 9.10. The molecule has 1 aromatic heterocycles. The maximum Gasteiger partial charge on any atom is 0.431 e. The minimum absolute atomic E-state index is 0.0915. The number of benzene rings is 1. The maximum absolute atomic E-state index is 13.1. The van der Waals surface area contributed by atoms with Crippen molar-refractivity contribution in [2.75, 3.05) is 0 Å². The van der Waals surface area contributed by atoms with Crippen molar-refractivity contribution < 1.29 is 23.1 Å². The number of pyridine rings is 1. The highest BCUT2D eigenvalue weighted by atomic mass is 79.9. The number of halogens is 4. The first-order valence-corrected chi connectivity index (χ1v) is 7.89. The normalized spacial score (nSPS) is 20.5. The summed E-state index contributed by atoms with van der Waals surface area (Å²) in [6, 6.07) is 8.79. The van der Waals surface area contributed by atoms with Crippen LogP contribution in [-0.4, -0.2) is 32.9 Å². The molecule has 0 spiro atoms. The predicted octanol–water partition coefficient (Wildman–Crippen LogP) is 3.45. The fourth-order valence-corrected chi connectivity index (χ4v) is 2.90. The Balaban J connectivity index is 2.08. The third-order valence-corrected chi connectivity index (χ3v) is 4.21. The lowest BCUT2D eigenvalue weighted by Crippen LogP contribution is -2.43. The van der Waals surface area contributed by atoms with E-state index in [1.165, 1.54) is 36.7 Å². The van der Waals surface area contributed by atoms with Crippen LogP contribution < -0.4 is 0 Å². The lowest BCUT2D eigenvalue weighted by atomic mass is 9.97. The monoisotopic (exact) mass is 413 g/mol. The molecule has 3 rings (SSSR count). The van der Waals surface area contributed by atoms with Crippen molar-refractivity contribution in [3.05, 3.63) is 64.4 Å². The summed E-state index contributed by atoms with van der Waals surface area (Å²) in [6.45, 7) is 0. The number of hydrogen-bond acceptors (Lipinski definition) is 4. The minimum atomic E-state index is -4.76. The summed E-state index contributed by atoms with van der Waals surface area (Å²) in [4.78, 5) is 16.5. The number of aromatic nitrogens is 1. The van der Waals surface area contributed by atoms with Gasteiger partial charge in [-0.3, -0.25) is 9.78 Å². The van der Waals surface area contributed by atoms with Gasteiger partial charge in [0.2, 0.25) is 0 Å². The summed E-state index contributed by atoms with van der Waals surface area (Å²) in [5.74, 6) is -0.847. The largest absolute Gasteiger partial charge is 0.431 e. The molecule has 1 aromatic carbocycles. The molecular formula is C16H11BrF3N3O2. The van der Waals surface area contributed by atoms with Crippen molar-refractivity contribution in [1.29, 1.82) is 0 Å². The summed E-state index contributed by atoms with van der Waals surface area (Å²) in [7, 11) is 0. The molecule has 0 radical (unpaired) electrons. The van der Waals surface area contributed by atoms with Gasteiger partial charge in [0.25, 0.3) is 5.91 Å². The van der Waals surface area contributed by atoms with E-state index in [9.17, 15) is 23.1 Å². The second-order valence-electron chi connectivity index (χ2n) is 5.40. The molecule has 130 valence electrons. The molecule has 1 aliphatic rings. The predicted molar refractivity (Wildman–Crippen MR) is 86.6 cm³/mol. The van der Waals surface area contributed by atoms with Crippen LogP contribution in [0, 0.1) is 0 Å². The van der Waals surface area contributed by atoms with Gasteiger partial charge in [-0.25, -0.2) is 0 Å². The highest BCUT2D eigenvalue weighted by Gasteiger charge is 2.53. The average Bonchev–Trinajstić information content (AvgIpc) is 2.94. The molecule has 1 N–H and O–H groups in total. The van der Waals surface area contributed by atoms with Crippen LogP contribution in [0.2, 0.25) is 0 Å².